The van der Waals surface area contributed by atoms with Crippen molar-refractivity contribution in [2.45, 2.75) is 24.3 Å². The fraction of sp³-hybridized carbons (Fsp3) is 0.278. The molecule has 3 heteroatoms. The molecule has 1 amide bonds. The molecule has 1 saturated carbocycles. The normalized spacial score (nSPS) is 23.6. The van der Waals surface area contributed by atoms with Crippen molar-refractivity contribution in [3.63, 3.8) is 0 Å². The molecule has 0 heterocycles. The number of hydrogen-bond acceptors (Lipinski definition) is 1. The van der Waals surface area contributed by atoms with Crippen LogP contribution in [0.15, 0.2) is 60.7 Å². The third-order valence-electron chi connectivity index (χ3n) is 4.04. The van der Waals surface area contributed by atoms with E-state index in [0.717, 1.165) is 0 Å². The van der Waals surface area contributed by atoms with Crippen LogP contribution in [-0.2, 0) is 4.79 Å². The van der Waals surface area contributed by atoms with Gasteiger partial charge in [0.1, 0.15) is 0 Å². The average Bonchev–Trinajstić information content (AvgIpc) is 3.23. The lowest BCUT2D eigenvalue weighted by Crippen LogP contribution is -2.27. The van der Waals surface area contributed by atoms with Crippen molar-refractivity contribution in [1.29, 1.82) is 0 Å². The summed E-state index contributed by atoms with van der Waals surface area (Å²) >= 11 is 5.65. The molecule has 2 nitrogen and oxygen atoms in total. The Morgan fingerprint density at radius 1 is 0.905 bits per heavy atom. The van der Waals surface area contributed by atoms with E-state index in [1.807, 2.05) is 36.4 Å². The minimum atomic E-state index is 0.0364. The maximum absolute atomic E-state index is 11.9. The lowest BCUT2D eigenvalue weighted by Gasteiger charge is -2.03. The first-order valence-corrected chi connectivity index (χ1v) is 7.80. The molecule has 21 heavy (non-hydrogen) atoms. The third kappa shape index (κ3) is 3.11. The van der Waals surface area contributed by atoms with Gasteiger partial charge in [-0.15, -0.1) is 11.6 Å². The lowest BCUT2D eigenvalue weighted by atomic mass is 10.0. The zero-order valence-electron chi connectivity index (χ0n) is 11.7. The van der Waals surface area contributed by atoms with Crippen molar-refractivity contribution in [3.8, 4) is 0 Å². The van der Waals surface area contributed by atoms with E-state index in [-0.39, 0.29) is 11.9 Å². The van der Waals surface area contributed by atoms with Gasteiger partial charge in [0.2, 0.25) is 5.91 Å². The van der Waals surface area contributed by atoms with Crippen molar-refractivity contribution < 1.29 is 4.79 Å². The summed E-state index contributed by atoms with van der Waals surface area (Å²) in [5.74, 6) is 1.11. The molecule has 0 spiro atoms. The predicted octanol–water partition coefficient (Wildman–Crippen LogP) is 3.68. The van der Waals surface area contributed by atoms with Crippen molar-refractivity contribution >= 4 is 17.5 Å². The highest BCUT2D eigenvalue weighted by molar-refractivity contribution is 6.18. The number of carbonyl (C=O) groups is 1. The maximum atomic E-state index is 11.9. The molecule has 0 radical (unpaired) electrons. The minimum Gasteiger partial charge on any atom is -0.352 e. The first-order valence-electron chi connectivity index (χ1n) is 7.26. The van der Waals surface area contributed by atoms with Crippen molar-refractivity contribution in [2.24, 2.45) is 0 Å². The van der Waals surface area contributed by atoms with Gasteiger partial charge in [0, 0.05) is 30.2 Å². The Bertz CT molecular complexity index is 554. The molecular formula is C18H18ClNO. The molecule has 2 aromatic carbocycles. The molecular weight excluding hydrogens is 282 g/mol. The van der Waals surface area contributed by atoms with Crippen LogP contribution in [0, 0.1) is 0 Å². The summed E-state index contributed by atoms with van der Waals surface area (Å²) in [6, 6.07) is 20.9. The number of benzene rings is 2. The molecule has 3 rings (SSSR count). The summed E-state index contributed by atoms with van der Waals surface area (Å²) in [6.45, 7) is 0. The van der Waals surface area contributed by atoms with Crippen LogP contribution in [-0.4, -0.2) is 17.8 Å². The number of halogens is 1. The van der Waals surface area contributed by atoms with Gasteiger partial charge in [-0.25, -0.2) is 0 Å². The van der Waals surface area contributed by atoms with Crippen molar-refractivity contribution in [3.05, 3.63) is 71.8 Å². The summed E-state index contributed by atoms with van der Waals surface area (Å²) < 4.78 is 0. The molecule has 0 saturated heterocycles. The van der Waals surface area contributed by atoms with Crippen LogP contribution in [0.3, 0.4) is 0 Å². The molecule has 0 aliphatic heterocycles. The zero-order valence-corrected chi connectivity index (χ0v) is 12.5. The van der Waals surface area contributed by atoms with Gasteiger partial charge >= 0.3 is 0 Å². The Morgan fingerprint density at radius 2 is 1.38 bits per heavy atom. The molecule has 2 aromatic rings. The fourth-order valence-electron chi connectivity index (χ4n) is 3.01. The topological polar surface area (TPSA) is 29.1 Å². The van der Waals surface area contributed by atoms with E-state index in [1.165, 1.54) is 11.1 Å². The molecule has 1 unspecified atom stereocenters. The van der Waals surface area contributed by atoms with Crippen LogP contribution in [0.2, 0.25) is 0 Å². The van der Waals surface area contributed by atoms with Crippen LogP contribution in [0.5, 0.6) is 0 Å². The number of rotatable bonds is 5. The van der Waals surface area contributed by atoms with Gasteiger partial charge in [-0.1, -0.05) is 60.7 Å². The Balaban J connectivity index is 1.81. The van der Waals surface area contributed by atoms with E-state index in [2.05, 4.69) is 29.6 Å². The fourth-order valence-corrected chi connectivity index (χ4v) is 3.19. The Kier molecular flexibility index (Phi) is 4.26. The second kappa shape index (κ2) is 6.31. The summed E-state index contributed by atoms with van der Waals surface area (Å²) in [7, 11) is 0. The SMILES string of the molecule is O=C(CCCl)NC1[C@@H](c2ccccc2)[C@H]1c1ccccc1. The first kappa shape index (κ1) is 14.2. The maximum Gasteiger partial charge on any atom is 0.221 e. The van der Waals surface area contributed by atoms with Crippen LogP contribution in [0.1, 0.15) is 29.4 Å². The third-order valence-corrected chi connectivity index (χ3v) is 4.23. The smallest absolute Gasteiger partial charge is 0.221 e. The summed E-state index contributed by atoms with van der Waals surface area (Å²) in [4.78, 5) is 11.9. The van der Waals surface area contributed by atoms with E-state index in [9.17, 15) is 4.79 Å². The molecule has 0 aromatic heterocycles. The number of alkyl halides is 1. The second-order valence-electron chi connectivity index (χ2n) is 5.41. The Hall–Kier alpha value is -1.80. The highest BCUT2D eigenvalue weighted by Crippen LogP contribution is 2.54. The number of hydrogen-bond donors (Lipinski definition) is 1. The van der Waals surface area contributed by atoms with Crippen LogP contribution in [0.4, 0.5) is 0 Å². The molecule has 108 valence electrons. The average molecular weight is 300 g/mol. The Labute approximate surface area is 130 Å². The van der Waals surface area contributed by atoms with E-state index < -0.39 is 0 Å². The van der Waals surface area contributed by atoms with E-state index in [4.69, 9.17) is 11.6 Å². The number of amides is 1. The quantitative estimate of drug-likeness (QED) is 0.838. The Morgan fingerprint density at radius 3 is 1.81 bits per heavy atom. The van der Waals surface area contributed by atoms with Gasteiger partial charge in [-0.3, -0.25) is 4.79 Å². The van der Waals surface area contributed by atoms with E-state index in [1.54, 1.807) is 0 Å². The molecule has 0 bridgehead atoms. The van der Waals surface area contributed by atoms with Gasteiger partial charge in [0.15, 0.2) is 0 Å². The molecule has 1 aliphatic rings. The molecule has 1 N–H and O–H groups in total. The van der Waals surface area contributed by atoms with Gasteiger partial charge in [0.25, 0.3) is 0 Å². The largest absolute Gasteiger partial charge is 0.352 e. The highest BCUT2D eigenvalue weighted by atomic mass is 35.5. The summed E-state index contributed by atoms with van der Waals surface area (Å²) in [5, 5.41) is 3.13. The monoisotopic (exact) mass is 299 g/mol. The van der Waals surface area contributed by atoms with Crippen LogP contribution < -0.4 is 5.32 Å². The molecule has 3 atom stereocenters. The summed E-state index contributed by atoms with van der Waals surface area (Å²) in [6.07, 6.45) is 0.376. The number of nitrogens with one attached hydrogen (secondary N) is 1. The summed E-state index contributed by atoms with van der Waals surface area (Å²) in [5.41, 5.74) is 2.56. The lowest BCUT2D eigenvalue weighted by molar-refractivity contribution is -0.120. The molecule has 1 aliphatic carbocycles. The van der Waals surface area contributed by atoms with Crippen molar-refractivity contribution in [2.75, 3.05) is 5.88 Å². The van der Waals surface area contributed by atoms with Crippen LogP contribution >= 0.6 is 11.6 Å². The van der Waals surface area contributed by atoms with E-state index >= 15 is 0 Å². The van der Waals surface area contributed by atoms with Crippen molar-refractivity contribution in [1.82, 2.24) is 5.32 Å². The first-order chi connectivity index (χ1) is 10.3. The predicted molar refractivity (Wildman–Crippen MR) is 85.6 cm³/mol. The van der Waals surface area contributed by atoms with Gasteiger partial charge < -0.3 is 5.32 Å². The van der Waals surface area contributed by atoms with Gasteiger partial charge in [0.05, 0.1) is 0 Å². The zero-order chi connectivity index (χ0) is 14.7. The number of carbonyl (C=O) groups excluding carboxylic acids is 1. The van der Waals surface area contributed by atoms with Crippen LogP contribution in [0.25, 0.3) is 0 Å². The van der Waals surface area contributed by atoms with Gasteiger partial charge in [-0.05, 0) is 11.1 Å². The molecule has 1 fully saturated rings. The van der Waals surface area contributed by atoms with Gasteiger partial charge in [-0.2, -0.15) is 0 Å². The second-order valence-corrected chi connectivity index (χ2v) is 5.78. The highest BCUT2D eigenvalue weighted by Gasteiger charge is 2.52. The van der Waals surface area contributed by atoms with E-state index in [0.29, 0.717) is 24.1 Å². The standard InChI is InChI=1S/C18H18ClNO/c19-12-11-15(21)20-18-16(13-7-3-1-4-8-13)17(18)14-9-5-2-6-10-14/h1-10,16-18H,11-12H2,(H,20,21)/t16-,17+,18?. The minimum absolute atomic E-state index is 0.0364.